The largest absolute Gasteiger partial charge is 0.493 e. The SMILES string of the molecule is CCCOc1ccc(S(=O)(=O)N2CCN(CC)CC2)cc1-c1nc2c(CC)n(-c3cnccn3)nc2c(=O)n1C. The Bertz CT molecular complexity index is 1680. The van der Waals surface area contributed by atoms with E-state index in [4.69, 9.17) is 9.72 Å². The normalized spacial score (nSPS) is 15.1. The Morgan fingerprint density at radius 3 is 2.45 bits per heavy atom. The fourth-order valence-electron chi connectivity index (χ4n) is 4.91. The molecule has 0 atom stereocenters. The average molecular weight is 567 g/mol. The summed E-state index contributed by atoms with van der Waals surface area (Å²) in [6.45, 7) is 9.53. The Kier molecular flexibility index (Phi) is 7.97. The number of aryl methyl sites for hydroxylation is 1. The van der Waals surface area contributed by atoms with Gasteiger partial charge in [0.1, 0.15) is 17.1 Å². The molecule has 5 rings (SSSR count). The second kappa shape index (κ2) is 11.4. The molecular weight excluding hydrogens is 532 g/mol. The van der Waals surface area contributed by atoms with E-state index in [1.165, 1.54) is 8.87 Å². The molecule has 0 radical (unpaired) electrons. The molecule has 0 bridgehead atoms. The van der Waals surface area contributed by atoms with Crippen LogP contribution in [0.15, 0.2) is 46.5 Å². The first kappa shape index (κ1) is 27.9. The Morgan fingerprint density at radius 1 is 1.02 bits per heavy atom. The van der Waals surface area contributed by atoms with Gasteiger partial charge in [-0.05, 0) is 37.6 Å². The highest BCUT2D eigenvalue weighted by atomic mass is 32.2. The fourth-order valence-corrected chi connectivity index (χ4v) is 6.36. The summed E-state index contributed by atoms with van der Waals surface area (Å²) in [5, 5.41) is 4.53. The van der Waals surface area contributed by atoms with Crippen molar-refractivity contribution in [1.29, 1.82) is 0 Å². The molecule has 12 nitrogen and oxygen atoms in total. The summed E-state index contributed by atoms with van der Waals surface area (Å²) in [6, 6.07) is 4.79. The van der Waals surface area contributed by atoms with Gasteiger partial charge in [-0.15, -0.1) is 0 Å². The third-order valence-electron chi connectivity index (χ3n) is 7.17. The molecule has 4 aromatic rings. The van der Waals surface area contributed by atoms with Crippen LogP contribution in [0.25, 0.3) is 28.2 Å². The average Bonchev–Trinajstić information content (AvgIpc) is 3.37. The molecule has 3 aromatic heterocycles. The Balaban J connectivity index is 1.67. The molecule has 13 heteroatoms. The first-order chi connectivity index (χ1) is 19.3. The Morgan fingerprint density at radius 2 is 1.80 bits per heavy atom. The van der Waals surface area contributed by atoms with E-state index in [1.807, 2.05) is 13.8 Å². The second-order valence-corrected chi connectivity index (χ2v) is 11.6. The maximum atomic E-state index is 13.7. The maximum Gasteiger partial charge on any atom is 0.281 e. The van der Waals surface area contributed by atoms with Crippen molar-refractivity contribution in [3.8, 4) is 23.0 Å². The number of aromatic nitrogens is 6. The van der Waals surface area contributed by atoms with Crippen molar-refractivity contribution in [2.75, 3.05) is 39.3 Å². The summed E-state index contributed by atoms with van der Waals surface area (Å²) < 4.78 is 37.8. The van der Waals surface area contributed by atoms with Crippen LogP contribution in [0.2, 0.25) is 0 Å². The predicted octanol–water partition coefficient (Wildman–Crippen LogP) is 2.25. The van der Waals surface area contributed by atoms with Crippen LogP contribution in [0, 0.1) is 0 Å². The minimum absolute atomic E-state index is 0.136. The lowest BCUT2D eigenvalue weighted by Gasteiger charge is -2.33. The minimum atomic E-state index is -3.77. The zero-order chi connectivity index (χ0) is 28.4. The highest BCUT2D eigenvalue weighted by Crippen LogP contribution is 2.33. The molecule has 0 aliphatic carbocycles. The number of likely N-dealkylation sites (N-methyl/N-ethyl adjacent to an activating group) is 1. The van der Waals surface area contributed by atoms with Gasteiger partial charge in [-0.2, -0.15) is 9.40 Å². The van der Waals surface area contributed by atoms with Crippen LogP contribution in [0.4, 0.5) is 0 Å². The van der Waals surface area contributed by atoms with Gasteiger partial charge in [0.25, 0.3) is 5.56 Å². The summed E-state index contributed by atoms with van der Waals surface area (Å²) in [5.74, 6) is 1.23. The van der Waals surface area contributed by atoms with Crippen molar-refractivity contribution in [1.82, 2.24) is 38.5 Å². The van der Waals surface area contributed by atoms with Crippen LogP contribution in [0.1, 0.15) is 32.9 Å². The van der Waals surface area contributed by atoms with Gasteiger partial charge in [0.05, 0.1) is 29.0 Å². The topological polar surface area (TPSA) is 128 Å². The third-order valence-corrected chi connectivity index (χ3v) is 9.06. The summed E-state index contributed by atoms with van der Waals surface area (Å²) in [6.07, 6.45) is 5.99. The van der Waals surface area contributed by atoms with Crippen LogP contribution in [0.5, 0.6) is 5.75 Å². The van der Waals surface area contributed by atoms with Gasteiger partial charge < -0.3 is 9.64 Å². The number of benzene rings is 1. The van der Waals surface area contributed by atoms with Crippen molar-refractivity contribution < 1.29 is 13.2 Å². The summed E-state index contributed by atoms with van der Waals surface area (Å²) in [4.78, 5) is 29.3. The zero-order valence-electron chi connectivity index (χ0n) is 23.2. The number of nitrogens with zero attached hydrogens (tertiary/aromatic N) is 8. The number of rotatable bonds is 9. The van der Waals surface area contributed by atoms with Crippen LogP contribution < -0.4 is 10.3 Å². The fraction of sp³-hybridized carbons (Fsp3) is 0.444. The molecule has 1 saturated heterocycles. The zero-order valence-corrected chi connectivity index (χ0v) is 24.1. The molecule has 0 unspecified atom stereocenters. The number of hydrogen-bond acceptors (Lipinski definition) is 9. The van der Waals surface area contributed by atoms with Gasteiger partial charge in [0.15, 0.2) is 11.3 Å². The van der Waals surface area contributed by atoms with Crippen molar-refractivity contribution >= 4 is 21.1 Å². The van der Waals surface area contributed by atoms with E-state index in [0.717, 1.165) is 13.0 Å². The number of ether oxygens (including phenoxy) is 1. The molecule has 212 valence electrons. The first-order valence-corrected chi connectivity index (χ1v) is 15.0. The molecule has 0 N–H and O–H groups in total. The van der Waals surface area contributed by atoms with Crippen molar-refractivity contribution in [2.45, 2.75) is 38.5 Å². The van der Waals surface area contributed by atoms with Gasteiger partial charge >= 0.3 is 0 Å². The molecule has 4 heterocycles. The number of sulfonamides is 1. The van der Waals surface area contributed by atoms with E-state index >= 15 is 0 Å². The molecule has 0 amide bonds. The predicted molar refractivity (Wildman–Crippen MR) is 151 cm³/mol. The number of hydrogen-bond donors (Lipinski definition) is 0. The van der Waals surface area contributed by atoms with Crippen LogP contribution in [0.3, 0.4) is 0 Å². The van der Waals surface area contributed by atoms with Crippen LogP contribution >= 0.6 is 0 Å². The van der Waals surface area contributed by atoms with Crippen molar-refractivity contribution in [3.63, 3.8) is 0 Å². The molecule has 1 aliphatic rings. The molecule has 0 saturated carbocycles. The van der Waals surface area contributed by atoms with Gasteiger partial charge in [0.2, 0.25) is 10.0 Å². The Labute approximate surface area is 233 Å². The molecular formula is C27H34N8O4S. The van der Waals surface area contributed by atoms with Crippen molar-refractivity contribution in [3.05, 3.63) is 52.8 Å². The lowest BCUT2D eigenvalue weighted by molar-refractivity contribution is 0.196. The van der Waals surface area contributed by atoms with Gasteiger partial charge in [0, 0.05) is 45.6 Å². The first-order valence-electron chi connectivity index (χ1n) is 13.5. The maximum absolute atomic E-state index is 13.7. The molecule has 1 aliphatic heterocycles. The van der Waals surface area contributed by atoms with E-state index in [9.17, 15) is 13.2 Å². The van der Waals surface area contributed by atoms with E-state index in [0.29, 0.717) is 73.4 Å². The highest BCUT2D eigenvalue weighted by molar-refractivity contribution is 7.89. The van der Waals surface area contributed by atoms with Crippen LogP contribution in [-0.4, -0.2) is 86.3 Å². The summed E-state index contributed by atoms with van der Waals surface area (Å²) in [5.41, 5.74) is 1.39. The summed E-state index contributed by atoms with van der Waals surface area (Å²) in [7, 11) is -2.16. The highest BCUT2D eigenvalue weighted by Gasteiger charge is 2.30. The lowest BCUT2D eigenvalue weighted by Crippen LogP contribution is -2.48. The van der Waals surface area contributed by atoms with E-state index in [2.05, 4.69) is 26.9 Å². The monoisotopic (exact) mass is 566 g/mol. The molecule has 0 spiro atoms. The lowest BCUT2D eigenvalue weighted by atomic mass is 10.1. The third kappa shape index (κ3) is 5.00. The molecule has 1 fully saturated rings. The second-order valence-electron chi connectivity index (χ2n) is 9.62. The van der Waals surface area contributed by atoms with E-state index in [-0.39, 0.29) is 16.0 Å². The summed E-state index contributed by atoms with van der Waals surface area (Å²) >= 11 is 0. The van der Waals surface area contributed by atoms with Gasteiger partial charge in [-0.3, -0.25) is 14.3 Å². The minimum Gasteiger partial charge on any atom is -0.493 e. The Hall–Kier alpha value is -3.68. The van der Waals surface area contributed by atoms with E-state index < -0.39 is 10.0 Å². The standard InChI is InChI=1S/C27H34N8O4S/c1-5-16-39-22-9-8-19(40(37,38)34-14-12-33(7-3)13-15-34)17-20(22)26-30-24-21(6-2)35(23-18-28-10-11-29-23)31-25(24)27(36)32(26)4/h8-11,17-18H,5-7,12-16H2,1-4H3. The van der Waals surface area contributed by atoms with Crippen LogP contribution in [-0.2, 0) is 23.5 Å². The van der Waals surface area contributed by atoms with E-state index in [1.54, 1.807) is 48.5 Å². The molecule has 40 heavy (non-hydrogen) atoms. The van der Waals surface area contributed by atoms with Gasteiger partial charge in [-0.1, -0.05) is 20.8 Å². The number of fused-ring (bicyclic) bond motifs is 1. The van der Waals surface area contributed by atoms with Gasteiger partial charge in [-0.25, -0.2) is 23.1 Å². The molecule has 1 aromatic carbocycles. The number of piperazine rings is 1. The van der Waals surface area contributed by atoms with Crippen molar-refractivity contribution in [2.24, 2.45) is 7.05 Å². The smallest absolute Gasteiger partial charge is 0.281 e. The quantitative estimate of drug-likeness (QED) is 0.300.